The van der Waals surface area contributed by atoms with Crippen LogP contribution in [0, 0.1) is 0 Å². The van der Waals surface area contributed by atoms with Gasteiger partial charge in [-0.1, -0.05) is 0 Å². The number of hydrogen-bond donors (Lipinski definition) is 2. The minimum Gasteiger partial charge on any atom is -0.390 e. The van der Waals surface area contributed by atoms with E-state index in [0.717, 1.165) is 0 Å². The molecule has 3 nitrogen and oxygen atoms in total. The normalized spacial score (nSPS) is 37.5. The highest BCUT2D eigenvalue weighted by Crippen LogP contribution is 2.05. The van der Waals surface area contributed by atoms with Gasteiger partial charge < -0.3 is 10.4 Å². The van der Waals surface area contributed by atoms with E-state index in [4.69, 9.17) is 5.11 Å². The van der Waals surface area contributed by atoms with E-state index in [2.05, 4.69) is 5.32 Å². The second-order valence-electron chi connectivity index (χ2n) is 2.13. The highest BCUT2D eigenvalue weighted by atomic mass is 16.3. The van der Waals surface area contributed by atoms with Gasteiger partial charge in [-0.3, -0.25) is 4.79 Å². The Labute approximate surface area is 47.7 Å². The maximum absolute atomic E-state index is 10.4. The summed E-state index contributed by atoms with van der Waals surface area (Å²) in [5.41, 5.74) is 0. The molecule has 0 aromatic heterocycles. The van der Waals surface area contributed by atoms with Crippen molar-refractivity contribution in [3.8, 4) is 0 Å². The Morgan fingerprint density at radius 2 is 2.50 bits per heavy atom. The Balaban J connectivity index is 2.51. The molecule has 0 radical (unpaired) electrons. The molecule has 1 saturated heterocycles. The van der Waals surface area contributed by atoms with E-state index in [1.54, 1.807) is 6.92 Å². The smallest absolute Gasteiger partial charge is 0.222 e. The molecule has 0 bridgehead atoms. The van der Waals surface area contributed by atoms with Gasteiger partial charge in [-0.05, 0) is 6.92 Å². The number of amides is 1. The van der Waals surface area contributed by atoms with Crippen LogP contribution in [0.25, 0.3) is 0 Å². The van der Waals surface area contributed by atoms with Gasteiger partial charge >= 0.3 is 0 Å². The number of hydrogen-bond acceptors (Lipinski definition) is 2. The van der Waals surface area contributed by atoms with Crippen molar-refractivity contribution in [3.05, 3.63) is 0 Å². The lowest BCUT2D eigenvalue weighted by Crippen LogP contribution is -2.27. The lowest BCUT2D eigenvalue weighted by molar-refractivity contribution is -0.119. The zero-order valence-corrected chi connectivity index (χ0v) is 4.72. The second kappa shape index (κ2) is 1.74. The van der Waals surface area contributed by atoms with Gasteiger partial charge in [0.15, 0.2) is 0 Å². The molecule has 1 rings (SSSR count). The SMILES string of the molecule is CC1NC(=O)CC1O. The molecule has 0 spiro atoms. The number of carbonyl (C=O) groups is 1. The lowest BCUT2D eigenvalue weighted by Gasteiger charge is -2.03. The van der Waals surface area contributed by atoms with Crippen LogP contribution in [0.4, 0.5) is 0 Å². The number of carbonyl (C=O) groups excluding carboxylic acids is 1. The molecule has 2 unspecified atom stereocenters. The van der Waals surface area contributed by atoms with Crippen molar-refractivity contribution in [2.24, 2.45) is 0 Å². The first-order valence-corrected chi connectivity index (χ1v) is 2.67. The van der Waals surface area contributed by atoms with Crippen molar-refractivity contribution in [1.82, 2.24) is 5.32 Å². The van der Waals surface area contributed by atoms with Crippen LogP contribution < -0.4 is 5.32 Å². The van der Waals surface area contributed by atoms with Crippen LogP contribution in [-0.2, 0) is 4.79 Å². The molecule has 1 heterocycles. The highest BCUT2D eigenvalue weighted by molar-refractivity contribution is 5.79. The van der Waals surface area contributed by atoms with E-state index in [9.17, 15) is 4.79 Å². The summed E-state index contributed by atoms with van der Waals surface area (Å²) >= 11 is 0. The molecule has 3 heteroatoms. The van der Waals surface area contributed by atoms with Crippen molar-refractivity contribution < 1.29 is 9.90 Å². The van der Waals surface area contributed by atoms with Crippen LogP contribution in [-0.4, -0.2) is 23.2 Å². The molecule has 1 aliphatic rings. The number of aliphatic hydroxyl groups is 1. The molecule has 1 fully saturated rings. The highest BCUT2D eigenvalue weighted by Gasteiger charge is 2.25. The van der Waals surface area contributed by atoms with Gasteiger partial charge in [0.2, 0.25) is 5.91 Å². The summed E-state index contributed by atoms with van der Waals surface area (Å²) in [5, 5.41) is 11.5. The first kappa shape index (κ1) is 5.56. The Bertz CT molecular complexity index is 101. The van der Waals surface area contributed by atoms with Crippen molar-refractivity contribution in [1.29, 1.82) is 0 Å². The molecule has 46 valence electrons. The maximum atomic E-state index is 10.4. The van der Waals surface area contributed by atoms with E-state index in [1.807, 2.05) is 0 Å². The van der Waals surface area contributed by atoms with Gasteiger partial charge in [-0.15, -0.1) is 0 Å². The molecule has 8 heavy (non-hydrogen) atoms. The van der Waals surface area contributed by atoms with Gasteiger partial charge in [0, 0.05) is 0 Å². The van der Waals surface area contributed by atoms with Crippen LogP contribution in [0.5, 0.6) is 0 Å². The first-order valence-electron chi connectivity index (χ1n) is 2.67. The van der Waals surface area contributed by atoms with Crippen molar-refractivity contribution in [3.63, 3.8) is 0 Å². The predicted molar refractivity (Wildman–Crippen MR) is 28.2 cm³/mol. The summed E-state index contributed by atoms with van der Waals surface area (Å²) in [5.74, 6) is -0.0509. The van der Waals surface area contributed by atoms with E-state index < -0.39 is 6.10 Å². The van der Waals surface area contributed by atoms with E-state index in [-0.39, 0.29) is 18.4 Å². The van der Waals surface area contributed by atoms with E-state index in [0.29, 0.717) is 0 Å². The summed E-state index contributed by atoms with van der Waals surface area (Å²) in [6.07, 6.45) is -0.205. The monoisotopic (exact) mass is 115 g/mol. The average Bonchev–Trinajstić information content (AvgIpc) is 1.85. The minimum absolute atomic E-state index is 0.0509. The van der Waals surface area contributed by atoms with Crippen LogP contribution in [0.15, 0.2) is 0 Å². The van der Waals surface area contributed by atoms with Gasteiger partial charge in [0.05, 0.1) is 18.6 Å². The van der Waals surface area contributed by atoms with E-state index >= 15 is 0 Å². The molecular weight excluding hydrogens is 106 g/mol. The molecule has 1 aliphatic heterocycles. The molecule has 2 N–H and O–H groups in total. The van der Waals surface area contributed by atoms with Crippen molar-refractivity contribution in [2.45, 2.75) is 25.5 Å². The fourth-order valence-corrected chi connectivity index (χ4v) is 0.776. The van der Waals surface area contributed by atoms with E-state index in [1.165, 1.54) is 0 Å². The summed E-state index contributed by atoms with van der Waals surface area (Å²) in [6.45, 7) is 1.79. The molecule has 0 aliphatic carbocycles. The molecule has 2 atom stereocenters. The maximum Gasteiger partial charge on any atom is 0.222 e. The Morgan fingerprint density at radius 1 is 1.88 bits per heavy atom. The molecule has 1 amide bonds. The standard InChI is InChI=1S/C5H9NO2/c1-3-4(7)2-5(8)6-3/h3-4,7H,2H2,1H3,(H,6,8). The second-order valence-corrected chi connectivity index (χ2v) is 2.13. The quantitative estimate of drug-likeness (QED) is 0.436. The third-order valence-corrected chi connectivity index (χ3v) is 1.36. The van der Waals surface area contributed by atoms with Crippen LogP contribution in [0.2, 0.25) is 0 Å². The third kappa shape index (κ3) is 0.816. The molecule has 0 aromatic carbocycles. The van der Waals surface area contributed by atoms with Gasteiger partial charge in [-0.2, -0.15) is 0 Å². The van der Waals surface area contributed by atoms with Crippen LogP contribution in [0.1, 0.15) is 13.3 Å². The van der Waals surface area contributed by atoms with Gasteiger partial charge in [0.1, 0.15) is 0 Å². The summed E-state index contributed by atoms with van der Waals surface area (Å²) < 4.78 is 0. The lowest BCUT2D eigenvalue weighted by atomic mass is 10.2. The minimum atomic E-state index is -0.470. The first-order chi connectivity index (χ1) is 3.70. The summed E-state index contributed by atoms with van der Waals surface area (Å²) in [6, 6.07) is -0.0532. The average molecular weight is 115 g/mol. The summed E-state index contributed by atoms with van der Waals surface area (Å²) in [7, 11) is 0. The number of nitrogens with one attached hydrogen (secondary N) is 1. The summed E-state index contributed by atoms with van der Waals surface area (Å²) in [4.78, 5) is 10.4. The Hall–Kier alpha value is -0.570. The molecule has 0 saturated carbocycles. The fraction of sp³-hybridized carbons (Fsp3) is 0.800. The number of rotatable bonds is 0. The largest absolute Gasteiger partial charge is 0.390 e. The fourth-order valence-electron chi connectivity index (χ4n) is 0.776. The van der Waals surface area contributed by atoms with Crippen molar-refractivity contribution >= 4 is 5.91 Å². The van der Waals surface area contributed by atoms with Gasteiger partial charge in [0.25, 0.3) is 0 Å². The van der Waals surface area contributed by atoms with Crippen molar-refractivity contribution in [2.75, 3.05) is 0 Å². The van der Waals surface area contributed by atoms with Crippen LogP contribution in [0.3, 0.4) is 0 Å². The molecule has 0 aromatic rings. The zero-order valence-electron chi connectivity index (χ0n) is 4.72. The Kier molecular flexibility index (Phi) is 1.21. The zero-order chi connectivity index (χ0) is 6.15. The predicted octanol–water partition coefficient (Wildman–Crippen LogP) is -0.744. The Morgan fingerprint density at radius 3 is 2.62 bits per heavy atom. The topological polar surface area (TPSA) is 49.3 Å². The number of aliphatic hydroxyl groups excluding tert-OH is 1. The van der Waals surface area contributed by atoms with Gasteiger partial charge in [-0.25, -0.2) is 0 Å². The third-order valence-electron chi connectivity index (χ3n) is 1.36. The van der Waals surface area contributed by atoms with Crippen LogP contribution >= 0.6 is 0 Å². The molecular formula is C5H9NO2.